The van der Waals surface area contributed by atoms with Gasteiger partial charge in [0, 0.05) is 6.08 Å². The van der Waals surface area contributed by atoms with Gasteiger partial charge in [-0.15, -0.1) is 0 Å². The molecule has 0 amide bonds. The van der Waals surface area contributed by atoms with Crippen LogP contribution in [0.5, 0.6) is 0 Å². The lowest BCUT2D eigenvalue weighted by Gasteiger charge is -2.07. The van der Waals surface area contributed by atoms with Gasteiger partial charge in [-0.3, -0.25) is 4.79 Å². The Balaban J connectivity index is 6.37. The van der Waals surface area contributed by atoms with Gasteiger partial charge in [0.1, 0.15) is 0 Å². The Hall–Kier alpha value is -3.17. The highest BCUT2D eigenvalue weighted by atomic mass is 16.4. The van der Waals surface area contributed by atoms with E-state index in [1.54, 1.807) is 0 Å². The van der Waals surface area contributed by atoms with E-state index in [2.05, 4.69) is 0 Å². The molecule has 0 fully saturated rings. The van der Waals surface area contributed by atoms with Crippen LogP contribution < -0.4 is 0 Å². The molecule has 0 spiro atoms. The summed E-state index contributed by atoms with van der Waals surface area (Å²) in [5.41, 5.74) is -4.00. The molecule has 10 nitrogen and oxygen atoms in total. The Bertz CT molecular complexity index is 550. The fourth-order valence-electron chi connectivity index (χ4n) is 1.19. The van der Waals surface area contributed by atoms with E-state index in [9.17, 15) is 24.0 Å². The number of hydrogen-bond acceptors (Lipinski definition) is 5. The molecule has 0 saturated heterocycles. The normalized spacial score (nSPS) is 12.3. The molecule has 108 valence electrons. The topological polar surface area (TPSA) is 186 Å². The molecule has 0 heterocycles. The maximum absolute atomic E-state index is 10.9. The molecule has 0 aromatic carbocycles. The molecule has 0 aromatic rings. The van der Waals surface area contributed by atoms with Crippen LogP contribution in [0.3, 0.4) is 0 Å². The molecule has 0 aliphatic heterocycles. The van der Waals surface area contributed by atoms with Crippen molar-refractivity contribution >= 4 is 29.8 Å². The molecule has 0 aromatic heterocycles. The fourth-order valence-corrected chi connectivity index (χ4v) is 1.19. The highest BCUT2D eigenvalue weighted by Crippen LogP contribution is 2.19. The Morgan fingerprint density at radius 3 is 1.50 bits per heavy atom. The summed E-state index contributed by atoms with van der Waals surface area (Å²) in [5.74, 6) is -9.63. The zero-order valence-corrected chi connectivity index (χ0v) is 9.56. The lowest BCUT2D eigenvalue weighted by atomic mass is 9.97. The molecule has 20 heavy (non-hydrogen) atoms. The maximum atomic E-state index is 10.9. The average Bonchev–Trinajstić information content (AvgIpc) is 2.24. The molecule has 10 heteroatoms. The fraction of sp³-hybridized carbons (Fsp3) is 0.100. The summed E-state index contributed by atoms with van der Waals surface area (Å²) < 4.78 is 0. The van der Waals surface area contributed by atoms with Crippen LogP contribution in [-0.4, -0.2) is 55.4 Å². The van der Waals surface area contributed by atoms with Crippen molar-refractivity contribution in [2.45, 2.75) is 6.42 Å². The third-order valence-electron chi connectivity index (χ3n) is 1.87. The van der Waals surface area contributed by atoms with Crippen molar-refractivity contribution in [1.29, 1.82) is 0 Å². The first-order chi connectivity index (χ1) is 9.07. The number of carbonyl (C=O) groups is 5. The first kappa shape index (κ1) is 16.8. The van der Waals surface area contributed by atoms with Crippen molar-refractivity contribution in [3.63, 3.8) is 0 Å². The second-order valence-corrected chi connectivity index (χ2v) is 3.24. The van der Waals surface area contributed by atoms with Gasteiger partial charge >= 0.3 is 29.8 Å². The van der Waals surface area contributed by atoms with Crippen molar-refractivity contribution in [3.8, 4) is 0 Å². The first-order valence-corrected chi connectivity index (χ1v) is 4.67. The van der Waals surface area contributed by atoms with Gasteiger partial charge in [-0.2, -0.15) is 0 Å². The van der Waals surface area contributed by atoms with Crippen molar-refractivity contribution < 1.29 is 49.5 Å². The van der Waals surface area contributed by atoms with Gasteiger partial charge < -0.3 is 25.5 Å². The van der Waals surface area contributed by atoms with E-state index in [1.807, 2.05) is 0 Å². The first-order valence-electron chi connectivity index (χ1n) is 4.67. The molecule has 0 radical (unpaired) electrons. The summed E-state index contributed by atoms with van der Waals surface area (Å²) in [4.78, 5) is 53.5. The summed E-state index contributed by atoms with van der Waals surface area (Å²) in [5, 5.41) is 43.3. The van der Waals surface area contributed by atoms with Gasteiger partial charge in [-0.05, 0) is 0 Å². The van der Waals surface area contributed by atoms with Gasteiger partial charge in [-0.1, -0.05) is 0 Å². The quantitative estimate of drug-likeness (QED) is 0.288. The standard InChI is InChI=1S/C10H8O10/c11-5(12)1-3(8(15)16)7(10(19)20)4(9(17)18)2-6(13)14/h1H,2H2,(H,11,12)(H,13,14)(H,15,16)(H,17,18)(H,19,20). The summed E-state index contributed by atoms with van der Waals surface area (Å²) in [7, 11) is 0. The summed E-state index contributed by atoms with van der Waals surface area (Å²) in [6.07, 6.45) is -1.32. The smallest absolute Gasteiger partial charge is 0.337 e. The third-order valence-corrected chi connectivity index (χ3v) is 1.87. The molecule has 0 aliphatic carbocycles. The van der Waals surface area contributed by atoms with Crippen LogP contribution in [0, 0.1) is 0 Å². The van der Waals surface area contributed by atoms with Gasteiger partial charge in [0.2, 0.25) is 0 Å². The van der Waals surface area contributed by atoms with E-state index in [1.165, 1.54) is 0 Å². The van der Waals surface area contributed by atoms with Crippen LogP contribution in [0.25, 0.3) is 0 Å². The predicted octanol–water partition coefficient (Wildman–Crippen LogP) is -0.978. The van der Waals surface area contributed by atoms with Gasteiger partial charge in [0.05, 0.1) is 23.1 Å². The van der Waals surface area contributed by atoms with E-state index >= 15 is 0 Å². The van der Waals surface area contributed by atoms with Crippen molar-refractivity contribution in [1.82, 2.24) is 0 Å². The minimum atomic E-state index is -2.07. The molecule has 0 unspecified atom stereocenters. The molecule has 0 bridgehead atoms. The Kier molecular flexibility index (Phi) is 5.62. The minimum Gasteiger partial charge on any atom is -0.481 e. The molecular weight excluding hydrogens is 280 g/mol. The number of aliphatic carboxylic acids is 5. The van der Waals surface area contributed by atoms with Crippen LogP contribution in [0.4, 0.5) is 0 Å². The zero-order chi connectivity index (χ0) is 16.0. The minimum absolute atomic E-state index is 0.0312. The molecule has 0 saturated carbocycles. The maximum Gasteiger partial charge on any atom is 0.337 e. The predicted molar refractivity (Wildman–Crippen MR) is 57.9 cm³/mol. The van der Waals surface area contributed by atoms with Crippen LogP contribution in [0.15, 0.2) is 22.8 Å². The van der Waals surface area contributed by atoms with E-state index in [4.69, 9.17) is 25.5 Å². The average molecular weight is 288 g/mol. The molecule has 0 aliphatic rings. The summed E-state index contributed by atoms with van der Waals surface area (Å²) in [6, 6.07) is 0. The van der Waals surface area contributed by atoms with Crippen LogP contribution in [0.1, 0.15) is 6.42 Å². The second-order valence-electron chi connectivity index (χ2n) is 3.24. The number of rotatable bonds is 7. The molecule has 5 N–H and O–H groups in total. The van der Waals surface area contributed by atoms with E-state index < -0.39 is 53.0 Å². The SMILES string of the molecule is O=C(O)C=C(C(=O)O)C(C(=O)O)=C(CC(=O)O)C(=O)O. The van der Waals surface area contributed by atoms with Gasteiger partial charge in [-0.25, -0.2) is 19.2 Å². The number of carboxylic acids is 5. The highest BCUT2D eigenvalue weighted by Gasteiger charge is 2.29. The van der Waals surface area contributed by atoms with Gasteiger partial charge in [0.15, 0.2) is 0 Å². The Labute approximate surface area is 109 Å². The van der Waals surface area contributed by atoms with Crippen LogP contribution >= 0.6 is 0 Å². The molecular formula is C10H8O10. The van der Waals surface area contributed by atoms with Crippen molar-refractivity contribution in [3.05, 3.63) is 22.8 Å². The van der Waals surface area contributed by atoms with E-state index in [0.717, 1.165) is 0 Å². The Morgan fingerprint density at radius 1 is 0.750 bits per heavy atom. The summed E-state index contributed by atoms with van der Waals surface area (Å²) >= 11 is 0. The van der Waals surface area contributed by atoms with E-state index in [-0.39, 0.29) is 6.08 Å². The van der Waals surface area contributed by atoms with Crippen LogP contribution in [-0.2, 0) is 24.0 Å². The lowest BCUT2D eigenvalue weighted by Crippen LogP contribution is -2.20. The van der Waals surface area contributed by atoms with Crippen molar-refractivity contribution in [2.24, 2.45) is 0 Å². The monoisotopic (exact) mass is 288 g/mol. The molecule has 0 rings (SSSR count). The third kappa shape index (κ3) is 4.60. The largest absolute Gasteiger partial charge is 0.481 e. The molecule has 0 atom stereocenters. The summed E-state index contributed by atoms with van der Waals surface area (Å²) in [6.45, 7) is 0. The van der Waals surface area contributed by atoms with Crippen LogP contribution in [0.2, 0.25) is 0 Å². The number of carboxylic acid groups (broad SMARTS) is 5. The zero-order valence-electron chi connectivity index (χ0n) is 9.56. The van der Waals surface area contributed by atoms with Crippen molar-refractivity contribution in [2.75, 3.05) is 0 Å². The second kappa shape index (κ2) is 6.68. The number of hydrogen-bond donors (Lipinski definition) is 5. The lowest BCUT2D eigenvalue weighted by molar-refractivity contribution is -0.140. The Morgan fingerprint density at radius 2 is 1.25 bits per heavy atom. The highest BCUT2D eigenvalue weighted by molar-refractivity contribution is 6.13. The van der Waals surface area contributed by atoms with Gasteiger partial charge in [0.25, 0.3) is 0 Å². The van der Waals surface area contributed by atoms with E-state index in [0.29, 0.717) is 0 Å².